The molecule has 3 N–H and O–H groups in total. The van der Waals surface area contributed by atoms with Crippen molar-refractivity contribution in [1.29, 1.82) is 0 Å². The summed E-state index contributed by atoms with van der Waals surface area (Å²) in [5.41, 5.74) is 9.52. The van der Waals surface area contributed by atoms with Gasteiger partial charge in [0.15, 0.2) is 0 Å². The number of hydrogen-bond acceptors (Lipinski definition) is 2. The smallest absolute Gasteiger partial charge is 0.0505 e. The van der Waals surface area contributed by atoms with E-state index in [0.29, 0.717) is 12.0 Å². The van der Waals surface area contributed by atoms with Crippen molar-refractivity contribution in [2.45, 2.75) is 32.1 Å². The fraction of sp³-hybridized carbons (Fsp3) is 0.647. The molecule has 2 nitrogen and oxygen atoms in total. The molecule has 2 fully saturated rings. The van der Waals surface area contributed by atoms with E-state index < -0.39 is 0 Å². The Morgan fingerprint density at radius 3 is 2.11 bits per heavy atom. The van der Waals surface area contributed by atoms with Crippen molar-refractivity contribution in [3.05, 3.63) is 35.4 Å². The van der Waals surface area contributed by atoms with Gasteiger partial charge in [-0.1, -0.05) is 24.3 Å². The van der Waals surface area contributed by atoms with Crippen LogP contribution in [0.2, 0.25) is 0 Å². The number of aliphatic hydroxyl groups excluding tert-OH is 1. The molecule has 19 heavy (non-hydrogen) atoms. The minimum absolute atomic E-state index is 0.0425. The number of rotatable bonds is 2. The molecule has 0 heterocycles. The maximum atomic E-state index is 9.87. The predicted molar refractivity (Wildman–Crippen MR) is 75.7 cm³/mol. The molecule has 1 spiro atoms. The van der Waals surface area contributed by atoms with E-state index in [4.69, 9.17) is 5.73 Å². The maximum Gasteiger partial charge on any atom is 0.0505 e. The molecular formula is C17H23NO. The van der Waals surface area contributed by atoms with Crippen LogP contribution in [0.4, 0.5) is 0 Å². The van der Waals surface area contributed by atoms with Crippen molar-refractivity contribution in [1.82, 2.24) is 0 Å². The summed E-state index contributed by atoms with van der Waals surface area (Å²) >= 11 is 0. The number of benzene rings is 1. The summed E-state index contributed by atoms with van der Waals surface area (Å²) in [7, 11) is 0. The first-order valence-corrected chi connectivity index (χ1v) is 7.63. The fourth-order valence-electron chi connectivity index (χ4n) is 5.51. The van der Waals surface area contributed by atoms with Crippen molar-refractivity contribution in [2.24, 2.45) is 28.4 Å². The van der Waals surface area contributed by atoms with Crippen LogP contribution >= 0.6 is 0 Å². The molecule has 0 amide bonds. The molecule has 102 valence electrons. The van der Waals surface area contributed by atoms with Crippen molar-refractivity contribution in [2.75, 3.05) is 13.2 Å². The maximum absolute atomic E-state index is 9.87. The summed E-state index contributed by atoms with van der Waals surface area (Å²) in [5, 5.41) is 9.87. The van der Waals surface area contributed by atoms with Crippen LogP contribution in [0.25, 0.3) is 0 Å². The van der Waals surface area contributed by atoms with Gasteiger partial charge in [0, 0.05) is 12.0 Å². The number of nitrogens with two attached hydrogens (primary N) is 1. The lowest BCUT2D eigenvalue weighted by molar-refractivity contribution is 0.129. The Balaban J connectivity index is 1.76. The molecule has 4 rings (SSSR count). The van der Waals surface area contributed by atoms with E-state index in [-0.39, 0.29) is 12.0 Å². The van der Waals surface area contributed by atoms with Gasteiger partial charge >= 0.3 is 0 Å². The Morgan fingerprint density at radius 2 is 1.68 bits per heavy atom. The van der Waals surface area contributed by atoms with E-state index in [1.807, 2.05) is 0 Å². The minimum atomic E-state index is 0.0425. The van der Waals surface area contributed by atoms with Crippen molar-refractivity contribution in [3.8, 4) is 0 Å². The fourth-order valence-corrected chi connectivity index (χ4v) is 5.51. The Labute approximate surface area is 115 Å². The highest BCUT2D eigenvalue weighted by molar-refractivity contribution is 5.35. The molecule has 1 aromatic rings. The van der Waals surface area contributed by atoms with Crippen LogP contribution in [0.5, 0.6) is 0 Å². The highest BCUT2D eigenvalue weighted by Crippen LogP contribution is 2.76. The Hall–Kier alpha value is -0.860. The molecule has 3 unspecified atom stereocenters. The van der Waals surface area contributed by atoms with Crippen LogP contribution in [0.1, 0.15) is 30.4 Å². The zero-order valence-electron chi connectivity index (χ0n) is 11.4. The van der Waals surface area contributed by atoms with E-state index in [2.05, 4.69) is 24.3 Å². The number of fused-ring (bicyclic) bond motifs is 1. The Bertz CT molecular complexity index is 473. The van der Waals surface area contributed by atoms with Crippen molar-refractivity contribution in [3.63, 3.8) is 0 Å². The van der Waals surface area contributed by atoms with Gasteiger partial charge in [-0.2, -0.15) is 0 Å². The quantitative estimate of drug-likeness (QED) is 0.852. The first-order chi connectivity index (χ1) is 9.26. The third kappa shape index (κ3) is 1.34. The van der Waals surface area contributed by atoms with Crippen LogP contribution in [0.15, 0.2) is 24.3 Å². The zero-order chi connectivity index (χ0) is 13.1. The first-order valence-electron chi connectivity index (χ1n) is 7.63. The molecule has 1 aromatic carbocycles. The molecule has 0 radical (unpaired) electrons. The number of hydrogen-bond donors (Lipinski definition) is 2. The lowest BCUT2D eigenvalue weighted by atomic mass is 9.77. The molecule has 3 aliphatic rings. The van der Waals surface area contributed by atoms with Crippen LogP contribution in [-0.2, 0) is 12.8 Å². The van der Waals surface area contributed by atoms with Gasteiger partial charge in [0.2, 0.25) is 0 Å². The third-order valence-electron chi connectivity index (χ3n) is 6.56. The second-order valence-electron chi connectivity index (χ2n) is 7.01. The summed E-state index contributed by atoms with van der Waals surface area (Å²) < 4.78 is 0. The van der Waals surface area contributed by atoms with Gasteiger partial charge in [-0.25, -0.2) is 0 Å². The topological polar surface area (TPSA) is 46.2 Å². The molecule has 0 aliphatic heterocycles. The van der Waals surface area contributed by atoms with Gasteiger partial charge in [0.05, 0.1) is 6.61 Å². The highest BCUT2D eigenvalue weighted by Gasteiger charge is 2.74. The SMILES string of the molecule is NCC1(CO)CC12C1CCC2Cc2ccccc2C1. The minimum Gasteiger partial charge on any atom is -0.396 e. The largest absolute Gasteiger partial charge is 0.396 e. The summed E-state index contributed by atoms with van der Waals surface area (Å²) in [6, 6.07) is 8.93. The molecule has 2 heteroatoms. The Morgan fingerprint density at radius 1 is 1.11 bits per heavy atom. The Kier molecular flexibility index (Phi) is 2.40. The lowest BCUT2D eigenvalue weighted by Crippen LogP contribution is -2.33. The van der Waals surface area contributed by atoms with Crippen molar-refractivity contribution < 1.29 is 5.11 Å². The van der Waals surface area contributed by atoms with Crippen LogP contribution in [-0.4, -0.2) is 18.3 Å². The molecule has 0 aromatic heterocycles. The van der Waals surface area contributed by atoms with Gasteiger partial charge in [-0.15, -0.1) is 0 Å². The van der Waals surface area contributed by atoms with Crippen molar-refractivity contribution >= 4 is 0 Å². The summed E-state index contributed by atoms with van der Waals surface area (Å²) in [4.78, 5) is 0. The zero-order valence-corrected chi connectivity index (χ0v) is 11.4. The van der Waals surface area contributed by atoms with Gasteiger partial charge in [-0.05, 0) is 60.5 Å². The molecular weight excluding hydrogens is 234 g/mol. The summed E-state index contributed by atoms with van der Waals surface area (Å²) in [6.45, 7) is 0.944. The van der Waals surface area contributed by atoms with Gasteiger partial charge in [0.25, 0.3) is 0 Å². The van der Waals surface area contributed by atoms with E-state index in [9.17, 15) is 5.11 Å². The first kappa shape index (κ1) is 11.9. The molecule has 2 saturated carbocycles. The van der Waals surface area contributed by atoms with E-state index in [1.165, 1.54) is 25.7 Å². The normalized spacial score (nSPS) is 43.1. The van der Waals surface area contributed by atoms with Gasteiger partial charge in [-0.3, -0.25) is 0 Å². The summed E-state index contributed by atoms with van der Waals surface area (Å²) in [5.74, 6) is 1.49. The van der Waals surface area contributed by atoms with Gasteiger partial charge < -0.3 is 10.8 Å². The highest BCUT2D eigenvalue weighted by atomic mass is 16.3. The molecule has 0 saturated heterocycles. The van der Waals surface area contributed by atoms with Gasteiger partial charge in [0.1, 0.15) is 0 Å². The van der Waals surface area contributed by atoms with Crippen LogP contribution < -0.4 is 5.73 Å². The van der Waals surface area contributed by atoms with Crippen LogP contribution in [0, 0.1) is 22.7 Å². The third-order valence-corrected chi connectivity index (χ3v) is 6.56. The second-order valence-corrected chi connectivity index (χ2v) is 7.01. The van der Waals surface area contributed by atoms with E-state index >= 15 is 0 Å². The van der Waals surface area contributed by atoms with Crippen LogP contribution in [0.3, 0.4) is 0 Å². The predicted octanol–water partition coefficient (Wildman–Crippen LogP) is 2.14. The molecule has 2 bridgehead atoms. The van der Waals surface area contributed by atoms with E-state index in [0.717, 1.165) is 18.3 Å². The molecule has 3 atom stereocenters. The van der Waals surface area contributed by atoms with E-state index in [1.54, 1.807) is 11.1 Å². The standard InChI is InChI=1S/C17H23NO/c18-10-16(11-19)9-17(16)14-5-6-15(17)8-13-4-2-1-3-12(13)7-14/h1-4,14-15,19H,5-11,18H2. The number of aliphatic hydroxyl groups is 1. The summed E-state index contributed by atoms with van der Waals surface area (Å²) in [6.07, 6.45) is 6.24. The monoisotopic (exact) mass is 257 g/mol. The average Bonchev–Trinajstić information content (AvgIpc) is 3.03. The molecule has 3 aliphatic carbocycles. The lowest BCUT2D eigenvalue weighted by Gasteiger charge is -2.28. The average molecular weight is 257 g/mol. The second kappa shape index (κ2) is 3.83.